The Morgan fingerprint density at radius 1 is 0.963 bits per heavy atom. The van der Waals surface area contributed by atoms with Crippen LogP contribution in [0.2, 0.25) is 5.02 Å². The second kappa shape index (κ2) is 18.3. The molecule has 3 fully saturated rings. The van der Waals surface area contributed by atoms with Crippen molar-refractivity contribution in [2.75, 3.05) is 6.54 Å². The fourth-order valence-electron chi connectivity index (χ4n) is 7.12. The lowest BCUT2D eigenvalue weighted by atomic mass is 9.82. The van der Waals surface area contributed by atoms with Gasteiger partial charge >= 0.3 is 0 Å². The lowest BCUT2D eigenvalue weighted by molar-refractivity contribution is -0.145. The topological polar surface area (TPSA) is 205 Å². The van der Waals surface area contributed by atoms with Gasteiger partial charge in [0, 0.05) is 37.1 Å². The highest BCUT2D eigenvalue weighted by Crippen LogP contribution is 2.31. The van der Waals surface area contributed by atoms with E-state index in [4.69, 9.17) is 16.3 Å². The SMILES string of the molecule is CCCC(NC(=O)C1CC(Oc2ccc(Cl)cn2)CN1C(=O)C(NC(=O)C(NC(=O)c1cnccn1)C1CCCCC1)C(C)(C)C)C(O)C(=O)NC1CC1. The number of aliphatic hydroxyl groups is 1. The summed E-state index contributed by atoms with van der Waals surface area (Å²) in [7, 11) is 0. The molecule has 3 heterocycles. The van der Waals surface area contributed by atoms with Gasteiger partial charge < -0.3 is 36.0 Å². The number of halogens is 1. The van der Waals surface area contributed by atoms with E-state index in [0.717, 1.165) is 44.9 Å². The molecule has 0 radical (unpaired) electrons. The Morgan fingerprint density at radius 3 is 2.31 bits per heavy atom. The third-order valence-corrected chi connectivity index (χ3v) is 10.4. The van der Waals surface area contributed by atoms with Gasteiger partial charge in [-0.15, -0.1) is 0 Å². The smallest absolute Gasteiger partial charge is 0.272 e. The second-order valence-corrected chi connectivity index (χ2v) is 16.1. The largest absolute Gasteiger partial charge is 0.472 e. The molecule has 15 nitrogen and oxygen atoms in total. The quantitative estimate of drug-likeness (QED) is 0.179. The molecule has 2 saturated carbocycles. The van der Waals surface area contributed by atoms with Crippen molar-refractivity contribution in [3.63, 3.8) is 0 Å². The highest BCUT2D eigenvalue weighted by Gasteiger charge is 2.47. The van der Waals surface area contributed by atoms with E-state index in [9.17, 15) is 29.1 Å². The van der Waals surface area contributed by atoms with E-state index in [0.29, 0.717) is 17.9 Å². The third kappa shape index (κ3) is 10.9. The average molecular weight is 769 g/mol. The number of carbonyl (C=O) groups excluding carboxylic acids is 5. The van der Waals surface area contributed by atoms with Crippen molar-refractivity contribution in [3.05, 3.63) is 47.6 Å². The van der Waals surface area contributed by atoms with E-state index in [1.54, 1.807) is 12.1 Å². The average Bonchev–Trinajstić information content (AvgIpc) is 3.88. The number of amides is 5. The van der Waals surface area contributed by atoms with Crippen LogP contribution in [0.3, 0.4) is 0 Å². The number of hydrogen-bond acceptors (Lipinski definition) is 10. The number of likely N-dealkylation sites (tertiary alicyclic amines) is 1. The van der Waals surface area contributed by atoms with Gasteiger partial charge in [0.05, 0.1) is 23.8 Å². The summed E-state index contributed by atoms with van der Waals surface area (Å²) in [6, 6.07) is -0.799. The van der Waals surface area contributed by atoms with Crippen molar-refractivity contribution in [3.8, 4) is 5.88 Å². The fourth-order valence-corrected chi connectivity index (χ4v) is 7.23. The van der Waals surface area contributed by atoms with E-state index in [2.05, 4.69) is 36.2 Å². The molecule has 2 aliphatic carbocycles. The number of aliphatic hydroxyl groups excluding tert-OH is 1. The van der Waals surface area contributed by atoms with Crippen molar-refractivity contribution in [1.82, 2.24) is 41.1 Å². The van der Waals surface area contributed by atoms with Crippen LogP contribution in [0.15, 0.2) is 36.9 Å². The van der Waals surface area contributed by atoms with Crippen molar-refractivity contribution in [1.29, 1.82) is 0 Å². The van der Waals surface area contributed by atoms with E-state index in [-0.39, 0.29) is 36.5 Å². The normalized spacial score (nSPS) is 21.3. The molecule has 5 amide bonds. The molecule has 54 heavy (non-hydrogen) atoms. The van der Waals surface area contributed by atoms with Crippen LogP contribution in [-0.4, -0.2) is 103 Å². The fraction of sp³-hybridized carbons (Fsp3) is 0.632. The molecule has 0 bridgehead atoms. The van der Waals surface area contributed by atoms with Crippen LogP contribution in [0.25, 0.3) is 0 Å². The monoisotopic (exact) mass is 768 g/mol. The van der Waals surface area contributed by atoms with E-state index < -0.39 is 71.3 Å². The predicted molar refractivity (Wildman–Crippen MR) is 199 cm³/mol. The number of nitrogens with zero attached hydrogens (tertiary/aromatic N) is 4. The van der Waals surface area contributed by atoms with Gasteiger partial charge in [-0.25, -0.2) is 9.97 Å². The van der Waals surface area contributed by atoms with Crippen LogP contribution >= 0.6 is 11.6 Å². The number of pyridine rings is 1. The molecule has 3 aliphatic rings. The Morgan fingerprint density at radius 2 is 1.70 bits per heavy atom. The minimum atomic E-state index is -1.49. The van der Waals surface area contributed by atoms with E-state index in [1.807, 2.05) is 27.7 Å². The van der Waals surface area contributed by atoms with Gasteiger partial charge in [-0.2, -0.15) is 0 Å². The highest BCUT2D eigenvalue weighted by atomic mass is 35.5. The van der Waals surface area contributed by atoms with Gasteiger partial charge in [0.15, 0.2) is 6.10 Å². The van der Waals surface area contributed by atoms with E-state index >= 15 is 0 Å². The molecule has 16 heteroatoms. The Bertz CT molecular complexity index is 1620. The molecule has 6 atom stereocenters. The summed E-state index contributed by atoms with van der Waals surface area (Å²) in [5.41, 5.74) is -0.767. The Balaban J connectivity index is 1.39. The molecular weight excluding hydrogens is 716 g/mol. The molecular formula is C38H53ClN8O7. The lowest BCUT2D eigenvalue weighted by Crippen LogP contribution is -2.62. The summed E-state index contributed by atoms with van der Waals surface area (Å²) in [5.74, 6) is -2.61. The van der Waals surface area contributed by atoms with Crippen molar-refractivity contribution in [2.45, 2.75) is 134 Å². The summed E-state index contributed by atoms with van der Waals surface area (Å²) in [6.45, 7) is 7.31. The van der Waals surface area contributed by atoms with Gasteiger partial charge in [-0.3, -0.25) is 29.0 Å². The van der Waals surface area contributed by atoms with Crippen LogP contribution in [0.1, 0.15) is 102 Å². The molecule has 1 saturated heterocycles. The molecule has 1 aliphatic heterocycles. The van der Waals surface area contributed by atoms with Crippen LogP contribution in [0.5, 0.6) is 5.88 Å². The maximum Gasteiger partial charge on any atom is 0.272 e. The summed E-state index contributed by atoms with van der Waals surface area (Å²) in [6.07, 6.45) is 10.4. The molecule has 5 N–H and O–H groups in total. The minimum Gasteiger partial charge on any atom is -0.472 e. The second-order valence-electron chi connectivity index (χ2n) is 15.7. The number of aromatic nitrogens is 3. The zero-order chi connectivity index (χ0) is 39.0. The van der Waals surface area contributed by atoms with Crippen molar-refractivity contribution < 1.29 is 33.8 Å². The molecule has 2 aromatic rings. The zero-order valence-corrected chi connectivity index (χ0v) is 32.2. The first-order valence-electron chi connectivity index (χ1n) is 19.0. The summed E-state index contributed by atoms with van der Waals surface area (Å²) < 4.78 is 6.13. The lowest BCUT2D eigenvalue weighted by Gasteiger charge is -2.37. The minimum absolute atomic E-state index is 0.0116. The molecule has 5 rings (SSSR count). The first-order valence-corrected chi connectivity index (χ1v) is 19.4. The maximum absolute atomic E-state index is 14.7. The molecule has 0 spiro atoms. The van der Waals surface area contributed by atoms with Crippen LogP contribution in [-0.2, 0) is 19.2 Å². The number of rotatable bonds is 15. The van der Waals surface area contributed by atoms with Crippen molar-refractivity contribution in [2.24, 2.45) is 11.3 Å². The number of hydrogen-bond donors (Lipinski definition) is 5. The first kappa shape index (κ1) is 40.8. The van der Waals surface area contributed by atoms with Crippen LogP contribution in [0.4, 0.5) is 0 Å². The first-order chi connectivity index (χ1) is 25.7. The highest BCUT2D eigenvalue weighted by molar-refractivity contribution is 6.30. The Kier molecular flexibility index (Phi) is 13.8. The van der Waals surface area contributed by atoms with Gasteiger partial charge in [-0.05, 0) is 49.5 Å². The third-order valence-electron chi connectivity index (χ3n) is 10.2. The number of ether oxygens (including phenoxy) is 1. The van der Waals surface area contributed by atoms with Crippen molar-refractivity contribution >= 4 is 41.1 Å². The molecule has 294 valence electrons. The summed E-state index contributed by atoms with van der Waals surface area (Å²) >= 11 is 6.02. The van der Waals surface area contributed by atoms with Crippen LogP contribution in [0, 0.1) is 11.3 Å². The van der Waals surface area contributed by atoms with Gasteiger partial charge in [0.1, 0.15) is 29.9 Å². The van der Waals surface area contributed by atoms with Crippen LogP contribution < -0.4 is 26.0 Å². The number of nitrogens with one attached hydrogen (secondary N) is 4. The summed E-state index contributed by atoms with van der Waals surface area (Å²) in [4.78, 5) is 82.8. The Labute approximate surface area is 321 Å². The molecule has 0 aromatic carbocycles. The molecule has 6 unspecified atom stereocenters. The standard InChI is InChI=1S/C38H53ClN8O7/c1-5-9-26(31(48)36(52)43-24-13-14-24)44-34(50)28-18-25(54-29-15-12-23(39)19-42-29)21-47(28)37(53)32(38(2,3)4)46-35(51)30(22-10-7-6-8-11-22)45-33(49)27-20-40-16-17-41-27/h12,15-17,19-20,22,24-26,28,30-32,48H,5-11,13-14,18,21H2,1-4H3,(H,43,52)(H,44,50)(H,45,49)(H,46,51). The van der Waals surface area contributed by atoms with Gasteiger partial charge in [-0.1, -0.05) is 65.0 Å². The predicted octanol–water partition coefficient (Wildman–Crippen LogP) is 2.71. The van der Waals surface area contributed by atoms with E-state index in [1.165, 1.54) is 29.7 Å². The van der Waals surface area contributed by atoms with Gasteiger partial charge in [0.2, 0.25) is 23.6 Å². The molecule has 2 aromatic heterocycles. The zero-order valence-electron chi connectivity index (χ0n) is 31.4. The maximum atomic E-state index is 14.7. The van der Waals surface area contributed by atoms with Gasteiger partial charge in [0.25, 0.3) is 11.8 Å². The Hall–Kier alpha value is -4.37. The summed E-state index contributed by atoms with van der Waals surface area (Å²) in [5, 5.41) is 22.9. The number of carbonyl (C=O) groups is 5.